The van der Waals surface area contributed by atoms with Crippen LogP contribution in [0, 0.1) is 0 Å². The quantitative estimate of drug-likeness (QED) is 0.520. The molecule has 0 aromatic rings. The molecule has 1 nitrogen and oxygen atoms in total. The molecule has 0 aliphatic rings. The van der Waals surface area contributed by atoms with Gasteiger partial charge in [-0.25, -0.2) is 4.39 Å². The SMILES string of the molecule is C=C.CC(C)(O)CF. The summed E-state index contributed by atoms with van der Waals surface area (Å²) in [6.45, 7) is 8.17. The molecule has 2 heteroatoms. The van der Waals surface area contributed by atoms with E-state index in [1.807, 2.05) is 0 Å². The number of alkyl halides is 1. The van der Waals surface area contributed by atoms with Gasteiger partial charge in [0.25, 0.3) is 0 Å². The second-order valence-corrected chi connectivity index (χ2v) is 1.95. The first-order valence-corrected chi connectivity index (χ1v) is 2.34. The Morgan fingerprint density at radius 1 is 1.50 bits per heavy atom. The monoisotopic (exact) mass is 120 g/mol. The summed E-state index contributed by atoms with van der Waals surface area (Å²) in [6, 6.07) is 0. The van der Waals surface area contributed by atoms with E-state index < -0.39 is 12.3 Å². The van der Waals surface area contributed by atoms with Crippen molar-refractivity contribution in [1.82, 2.24) is 0 Å². The second-order valence-electron chi connectivity index (χ2n) is 1.95. The molecule has 1 N–H and O–H groups in total. The fourth-order valence-corrected chi connectivity index (χ4v) is 0. The summed E-state index contributed by atoms with van der Waals surface area (Å²) in [5, 5.41) is 8.45. The van der Waals surface area contributed by atoms with Gasteiger partial charge in [-0.05, 0) is 13.8 Å². The maximum Gasteiger partial charge on any atom is 0.118 e. The smallest absolute Gasteiger partial charge is 0.118 e. The van der Waals surface area contributed by atoms with Crippen LogP contribution in [0.25, 0.3) is 0 Å². The van der Waals surface area contributed by atoms with Crippen molar-refractivity contribution in [3.63, 3.8) is 0 Å². The molecule has 0 saturated carbocycles. The fourth-order valence-electron chi connectivity index (χ4n) is 0. The van der Waals surface area contributed by atoms with Crippen LogP contribution in [-0.2, 0) is 0 Å². The Morgan fingerprint density at radius 2 is 1.62 bits per heavy atom. The maximum atomic E-state index is 11.2. The molecule has 0 radical (unpaired) electrons. The fraction of sp³-hybridized carbons (Fsp3) is 0.667. The van der Waals surface area contributed by atoms with Gasteiger partial charge in [0.05, 0.1) is 5.60 Å². The van der Waals surface area contributed by atoms with Gasteiger partial charge >= 0.3 is 0 Å². The first kappa shape index (κ1) is 10.6. The van der Waals surface area contributed by atoms with Crippen LogP contribution in [0.2, 0.25) is 0 Å². The topological polar surface area (TPSA) is 20.2 Å². The van der Waals surface area contributed by atoms with Crippen molar-refractivity contribution in [2.75, 3.05) is 6.67 Å². The molecule has 0 saturated heterocycles. The second kappa shape index (κ2) is 4.78. The van der Waals surface area contributed by atoms with Crippen LogP contribution in [-0.4, -0.2) is 17.4 Å². The Kier molecular flexibility index (Phi) is 6.32. The van der Waals surface area contributed by atoms with Crippen molar-refractivity contribution < 1.29 is 9.50 Å². The molecular formula is C6H13FO. The van der Waals surface area contributed by atoms with E-state index in [9.17, 15) is 4.39 Å². The van der Waals surface area contributed by atoms with E-state index in [1.54, 1.807) is 0 Å². The standard InChI is InChI=1S/C4H9FO.C2H4/c1-4(2,6)3-5;1-2/h6H,3H2,1-2H3;1-2H2. The Balaban J connectivity index is 0. The highest BCUT2D eigenvalue weighted by Crippen LogP contribution is 1.98. The summed E-state index contributed by atoms with van der Waals surface area (Å²) in [6.07, 6.45) is 0. The number of rotatable bonds is 1. The number of hydrogen-bond donors (Lipinski definition) is 1. The third kappa shape index (κ3) is 17.4. The maximum absolute atomic E-state index is 11.2. The molecule has 0 aliphatic carbocycles. The molecule has 0 aromatic carbocycles. The average molecular weight is 120 g/mol. The van der Waals surface area contributed by atoms with Gasteiger partial charge in [0, 0.05) is 0 Å². The van der Waals surface area contributed by atoms with Crippen LogP contribution in [0.15, 0.2) is 13.2 Å². The van der Waals surface area contributed by atoms with Gasteiger partial charge in [-0.3, -0.25) is 0 Å². The molecule has 0 aliphatic heterocycles. The van der Waals surface area contributed by atoms with E-state index in [2.05, 4.69) is 13.2 Å². The van der Waals surface area contributed by atoms with Crippen LogP contribution >= 0.6 is 0 Å². The Bertz CT molecular complexity index is 47.0. The van der Waals surface area contributed by atoms with Gasteiger partial charge in [0.2, 0.25) is 0 Å². The Morgan fingerprint density at radius 3 is 1.62 bits per heavy atom. The first-order chi connectivity index (χ1) is 3.56. The van der Waals surface area contributed by atoms with Crippen molar-refractivity contribution in [3.05, 3.63) is 13.2 Å². The summed E-state index contributed by atoms with van der Waals surface area (Å²) < 4.78 is 11.2. The van der Waals surface area contributed by atoms with Gasteiger partial charge in [0.15, 0.2) is 0 Å². The van der Waals surface area contributed by atoms with Gasteiger partial charge in [-0.1, -0.05) is 0 Å². The lowest BCUT2D eigenvalue weighted by atomic mass is 10.2. The third-order valence-corrected chi connectivity index (χ3v) is 0.327. The number of aliphatic hydroxyl groups is 1. The predicted molar refractivity (Wildman–Crippen MR) is 33.5 cm³/mol. The van der Waals surface area contributed by atoms with E-state index in [0.29, 0.717) is 0 Å². The van der Waals surface area contributed by atoms with Crippen LogP contribution < -0.4 is 0 Å². The van der Waals surface area contributed by atoms with E-state index in [1.165, 1.54) is 13.8 Å². The van der Waals surface area contributed by atoms with E-state index in [4.69, 9.17) is 5.11 Å². The third-order valence-electron chi connectivity index (χ3n) is 0.327. The molecule has 0 aromatic heterocycles. The van der Waals surface area contributed by atoms with Crippen LogP contribution in [0.4, 0.5) is 4.39 Å². The number of halogens is 1. The summed E-state index contributed by atoms with van der Waals surface area (Å²) in [5.41, 5.74) is -1.12. The summed E-state index contributed by atoms with van der Waals surface area (Å²) in [5.74, 6) is 0. The molecule has 0 fully saturated rings. The van der Waals surface area contributed by atoms with Gasteiger partial charge in [0.1, 0.15) is 6.67 Å². The van der Waals surface area contributed by atoms with Crippen molar-refractivity contribution in [2.24, 2.45) is 0 Å². The highest BCUT2D eigenvalue weighted by atomic mass is 19.1. The van der Waals surface area contributed by atoms with Crippen molar-refractivity contribution >= 4 is 0 Å². The van der Waals surface area contributed by atoms with Gasteiger partial charge in [-0.15, -0.1) is 13.2 Å². The van der Waals surface area contributed by atoms with Crippen molar-refractivity contribution in [3.8, 4) is 0 Å². The molecular weight excluding hydrogens is 107 g/mol. The van der Waals surface area contributed by atoms with Crippen molar-refractivity contribution in [1.29, 1.82) is 0 Å². The number of hydrogen-bond acceptors (Lipinski definition) is 1. The Hall–Kier alpha value is -0.370. The normalized spacial score (nSPS) is 9.50. The van der Waals surface area contributed by atoms with Crippen molar-refractivity contribution in [2.45, 2.75) is 19.4 Å². The molecule has 0 spiro atoms. The molecule has 0 unspecified atom stereocenters. The lowest BCUT2D eigenvalue weighted by molar-refractivity contribution is 0.0522. The molecule has 0 atom stereocenters. The zero-order valence-corrected chi connectivity index (χ0v) is 5.45. The Labute approximate surface area is 49.8 Å². The highest BCUT2D eigenvalue weighted by molar-refractivity contribution is 4.60. The van der Waals surface area contributed by atoms with Gasteiger partial charge < -0.3 is 5.11 Å². The molecule has 50 valence electrons. The minimum Gasteiger partial charge on any atom is -0.388 e. The summed E-state index contributed by atoms with van der Waals surface area (Å²) in [4.78, 5) is 0. The molecule has 0 rings (SSSR count). The average Bonchev–Trinajstić information content (AvgIpc) is 1.71. The molecule has 0 amide bonds. The zero-order chi connectivity index (χ0) is 7.21. The van der Waals surface area contributed by atoms with Gasteiger partial charge in [-0.2, -0.15) is 0 Å². The minimum atomic E-state index is -1.12. The van der Waals surface area contributed by atoms with E-state index >= 15 is 0 Å². The lowest BCUT2D eigenvalue weighted by Gasteiger charge is -2.08. The van der Waals surface area contributed by atoms with E-state index in [0.717, 1.165) is 0 Å². The van der Waals surface area contributed by atoms with Crippen LogP contribution in [0.5, 0.6) is 0 Å². The molecule has 0 heterocycles. The van der Waals surface area contributed by atoms with Crippen LogP contribution in [0.3, 0.4) is 0 Å². The summed E-state index contributed by atoms with van der Waals surface area (Å²) >= 11 is 0. The van der Waals surface area contributed by atoms with Crippen LogP contribution in [0.1, 0.15) is 13.8 Å². The summed E-state index contributed by atoms with van der Waals surface area (Å²) in [7, 11) is 0. The largest absolute Gasteiger partial charge is 0.388 e. The minimum absolute atomic E-state index is 0.674. The molecule has 0 bridgehead atoms. The highest BCUT2D eigenvalue weighted by Gasteiger charge is 2.09. The lowest BCUT2D eigenvalue weighted by Crippen LogP contribution is -2.20. The molecule has 8 heavy (non-hydrogen) atoms. The zero-order valence-electron chi connectivity index (χ0n) is 5.45. The first-order valence-electron chi connectivity index (χ1n) is 2.34. The van der Waals surface area contributed by atoms with E-state index in [-0.39, 0.29) is 0 Å². The predicted octanol–water partition coefficient (Wildman–Crippen LogP) is 1.53.